The fourth-order valence-corrected chi connectivity index (χ4v) is 3.59. The normalized spacial score (nSPS) is 12.2. The van der Waals surface area contributed by atoms with Crippen LogP contribution in [0.1, 0.15) is 0 Å². The van der Waals surface area contributed by atoms with E-state index in [9.17, 15) is 9.50 Å². The number of hydrogen-bond acceptors (Lipinski definition) is 5. The molecule has 3 aromatic rings. The first-order valence-electron chi connectivity index (χ1n) is 7.98. The lowest BCUT2D eigenvalue weighted by Crippen LogP contribution is -2.20. The number of halogens is 3. The zero-order valence-corrected chi connectivity index (χ0v) is 16.6. The van der Waals surface area contributed by atoms with Gasteiger partial charge in [-0.25, -0.2) is 4.39 Å². The van der Waals surface area contributed by atoms with E-state index in [-0.39, 0.29) is 12.4 Å². The maximum Gasteiger partial charge on any atom is 0.191 e. The van der Waals surface area contributed by atoms with Gasteiger partial charge >= 0.3 is 0 Å². The minimum absolute atomic E-state index is 0.0619. The lowest BCUT2D eigenvalue weighted by molar-refractivity contribution is 0.126. The molecule has 0 spiro atoms. The highest BCUT2D eigenvalue weighted by molar-refractivity contribution is 7.99. The number of rotatable bonds is 7. The maximum absolute atomic E-state index is 13.9. The molecule has 0 fully saturated rings. The Morgan fingerprint density at radius 1 is 1.22 bits per heavy atom. The van der Waals surface area contributed by atoms with Crippen LogP contribution >= 0.6 is 35.0 Å². The predicted molar refractivity (Wildman–Crippen MR) is 105 cm³/mol. The third-order valence-electron chi connectivity index (χ3n) is 3.68. The molecule has 1 N–H and O–H groups in total. The molecule has 0 aliphatic heterocycles. The van der Waals surface area contributed by atoms with Crippen molar-refractivity contribution in [1.29, 1.82) is 0 Å². The third kappa shape index (κ3) is 4.93. The predicted octanol–water partition coefficient (Wildman–Crippen LogP) is 4.46. The second-order valence-corrected chi connectivity index (χ2v) is 7.53. The van der Waals surface area contributed by atoms with Crippen LogP contribution in [-0.4, -0.2) is 38.3 Å². The van der Waals surface area contributed by atoms with E-state index in [1.54, 1.807) is 48.0 Å². The highest BCUT2D eigenvalue weighted by atomic mass is 35.5. The summed E-state index contributed by atoms with van der Waals surface area (Å²) in [6, 6.07) is 11.3. The van der Waals surface area contributed by atoms with E-state index in [0.717, 1.165) is 0 Å². The van der Waals surface area contributed by atoms with Crippen LogP contribution in [0.25, 0.3) is 11.4 Å². The van der Waals surface area contributed by atoms with Crippen LogP contribution in [0.2, 0.25) is 10.0 Å². The van der Waals surface area contributed by atoms with Gasteiger partial charge in [-0.15, -0.1) is 10.2 Å². The minimum Gasteiger partial charge on any atom is -0.489 e. The summed E-state index contributed by atoms with van der Waals surface area (Å²) in [6.45, 7) is 0.0619. The first-order valence-corrected chi connectivity index (χ1v) is 9.73. The molecular formula is C18H16Cl2FN3O2S. The molecular weight excluding hydrogens is 412 g/mol. The van der Waals surface area contributed by atoms with Gasteiger partial charge in [0.2, 0.25) is 0 Å². The Balaban J connectivity index is 1.58. The summed E-state index contributed by atoms with van der Waals surface area (Å²) in [4.78, 5) is 0. The number of aliphatic hydroxyl groups is 1. The van der Waals surface area contributed by atoms with E-state index >= 15 is 0 Å². The van der Waals surface area contributed by atoms with Gasteiger partial charge in [-0.3, -0.25) is 0 Å². The summed E-state index contributed by atoms with van der Waals surface area (Å²) >= 11 is 13.2. The van der Waals surface area contributed by atoms with Gasteiger partial charge in [0.1, 0.15) is 18.2 Å². The quantitative estimate of drug-likeness (QED) is 0.563. The summed E-state index contributed by atoms with van der Waals surface area (Å²) in [7, 11) is 1.75. The summed E-state index contributed by atoms with van der Waals surface area (Å²) in [5, 5.41) is 19.7. The Morgan fingerprint density at radius 2 is 2.00 bits per heavy atom. The lowest BCUT2D eigenvalue weighted by atomic mass is 10.2. The Labute approximate surface area is 170 Å². The molecule has 0 saturated carbocycles. The zero-order chi connectivity index (χ0) is 19.4. The molecule has 2 aromatic carbocycles. The second kappa shape index (κ2) is 8.93. The Morgan fingerprint density at radius 3 is 2.74 bits per heavy atom. The first kappa shape index (κ1) is 19.9. The molecule has 1 aromatic heterocycles. The van der Waals surface area contributed by atoms with Crippen LogP contribution in [0.3, 0.4) is 0 Å². The largest absolute Gasteiger partial charge is 0.489 e. The highest BCUT2D eigenvalue weighted by Crippen LogP contribution is 2.28. The molecule has 0 radical (unpaired) electrons. The van der Waals surface area contributed by atoms with Crippen LogP contribution in [0.4, 0.5) is 4.39 Å². The standard InChI is InChI=1S/C18H16Cl2FN3O2S/c1-24-17(13-4-2-3-5-15(13)21)22-23-18(24)27-10-12(25)9-26-16-7-6-11(19)8-14(16)20/h2-8,12,25H,9-10H2,1H3. The number of ether oxygens (including phenoxy) is 1. The van der Waals surface area contributed by atoms with Crippen molar-refractivity contribution in [3.05, 3.63) is 58.3 Å². The van der Waals surface area contributed by atoms with Crippen molar-refractivity contribution in [1.82, 2.24) is 14.8 Å². The molecule has 142 valence electrons. The monoisotopic (exact) mass is 427 g/mol. The number of thioether (sulfide) groups is 1. The summed E-state index contributed by atoms with van der Waals surface area (Å²) in [5.74, 6) is 0.840. The van der Waals surface area contributed by atoms with Crippen molar-refractivity contribution in [3.8, 4) is 17.1 Å². The molecule has 3 rings (SSSR count). The molecule has 0 aliphatic carbocycles. The Hall–Kier alpha value is -1.80. The van der Waals surface area contributed by atoms with Crippen molar-refractivity contribution >= 4 is 35.0 Å². The smallest absolute Gasteiger partial charge is 0.191 e. The molecule has 1 heterocycles. The molecule has 0 saturated heterocycles. The van der Waals surface area contributed by atoms with E-state index in [1.807, 2.05) is 0 Å². The topological polar surface area (TPSA) is 60.2 Å². The van der Waals surface area contributed by atoms with Crippen LogP contribution in [-0.2, 0) is 7.05 Å². The van der Waals surface area contributed by atoms with Crippen molar-refractivity contribution in [2.45, 2.75) is 11.3 Å². The summed E-state index contributed by atoms with van der Waals surface area (Å²) in [6.07, 6.45) is -0.754. The van der Waals surface area contributed by atoms with Crippen molar-refractivity contribution in [3.63, 3.8) is 0 Å². The van der Waals surface area contributed by atoms with Gasteiger partial charge in [0.15, 0.2) is 11.0 Å². The SMILES string of the molecule is Cn1c(SCC(O)COc2ccc(Cl)cc2Cl)nnc1-c1ccccc1F. The Bertz CT molecular complexity index is 939. The van der Waals surface area contributed by atoms with Gasteiger partial charge < -0.3 is 14.4 Å². The van der Waals surface area contributed by atoms with E-state index in [1.165, 1.54) is 17.8 Å². The molecule has 0 bridgehead atoms. The number of aromatic nitrogens is 3. The Kier molecular flexibility index (Phi) is 6.59. The van der Waals surface area contributed by atoms with Crippen LogP contribution < -0.4 is 4.74 Å². The molecule has 5 nitrogen and oxygen atoms in total. The van der Waals surface area contributed by atoms with Crippen molar-refractivity contribution < 1.29 is 14.2 Å². The van der Waals surface area contributed by atoms with Gasteiger partial charge in [0.05, 0.1) is 16.7 Å². The van der Waals surface area contributed by atoms with Gasteiger partial charge in [-0.1, -0.05) is 47.1 Å². The molecule has 9 heteroatoms. The van der Waals surface area contributed by atoms with Crippen LogP contribution in [0.15, 0.2) is 47.6 Å². The van der Waals surface area contributed by atoms with Gasteiger partial charge in [0.25, 0.3) is 0 Å². The highest BCUT2D eigenvalue weighted by Gasteiger charge is 2.16. The summed E-state index contributed by atoms with van der Waals surface area (Å²) < 4.78 is 21.1. The molecule has 0 aliphatic rings. The lowest BCUT2D eigenvalue weighted by Gasteiger charge is -2.13. The van der Waals surface area contributed by atoms with Gasteiger partial charge in [0, 0.05) is 17.8 Å². The maximum atomic E-state index is 13.9. The van der Waals surface area contributed by atoms with Crippen molar-refractivity contribution in [2.75, 3.05) is 12.4 Å². The zero-order valence-electron chi connectivity index (χ0n) is 14.3. The molecule has 1 unspecified atom stereocenters. The fourth-order valence-electron chi connectivity index (χ4n) is 2.31. The van der Waals surface area contributed by atoms with E-state index in [4.69, 9.17) is 27.9 Å². The van der Waals surface area contributed by atoms with Crippen LogP contribution in [0.5, 0.6) is 5.75 Å². The molecule has 1 atom stereocenters. The first-order chi connectivity index (χ1) is 13.0. The summed E-state index contributed by atoms with van der Waals surface area (Å²) in [5.41, 5.74) is 0.376. The van der Waals surface area contributed by atoms with Gasteiger partial charge in [-0.2, -0.15) is 0 Å². The number of aliphatic hydroxyl groups excluding tert-OH is 1. The van der Waals surface area contributed by atoms with Gasteiger partial charge in [-0.05, 0) is 30.3 Å². The van der Waals surface area contributed by atoms with Crippen molar-refractivity contribution in [2.24, 2.45) is 7.05 Å². The number of hydrogen-bond donors (Lipinski definition) is 1. The average molecular weight is 428 g/mol. The fraction of sp³-hybridized carbons (Fsp3) is 0.222. The molecule has 27 heavy (non-hydrogen) atoms. The average Bonchev–Trinajstić information content (AvgIpc) is 3.00. The number of nitrogens with zero attached hydrogens (tertiary/aromatic N) is 3. The van der Waals surface area contributed by atoms with E-state index in [2.05, 4.69) is 10.2 Å². The van der Waals surface area contributed by atoms with Crippen LogP contribution in [0, 0.1) is 5.82 Å². The minimum atomic E-state index is -0.754. The third-order valence-corrected chi connectivity index (χ3v) is 5.38. The second-order valence-electron chi connectivity index (χ2n) is 5.70. The van der Waals surface area contributed by atoms with E-state index < -0.39 is 6.10 Å². The number of benzene rings is 2. The molecule has 0 amide bonds. The van der Waals surface area contributed by atoms with E-state index in [0.29, 0.717) is 38.1 Å².